The van der Waals surface area contributed by atoms with Gasteiger partial charge in [0, 0.05) is 22.4 Å². The Morgan fingerprint density at radius 2 is 1.75 bits per heavy atom. The molecule has 6 rings (SSSR count). The molecule has 1 aliphatic carbocycles. The van der Waals surface area contributed by atoms with Crippen LogP contribution >= 0.6 is 11.3 Å². The first-order chi connectivity index (χ1) is 15.8. The maximum absolute atomic E-state index is 5.46. The Labute approximate surface area is 191 Å². The van der Waals surface area contributed by atoms with Gasteiger partial charge in [-0.2, -0.15) is 5.10 Å². The van der Waals surface area contributed by atoms with E-state index >= 15 is 0 Å². The van der Waals surface area contributed by atoms with Crippen molar-refractivity contribution in [2.75, 3.05) is 12.1 Å². The molecule has 0 N–H and O–H groups in total. The molecule has 32 heavy (non-hydrogen) atoms. The van der Waals surface area contributed by atoms with Crippen LogP contribution in [0.5, 0.6) is 5.75 Å². The van der Waals surface area contributed by atoms with Crippen LogP contribution in [-0.2, 0) is 6.42 Å². The Kier molecular flexibility index (Phi) is 4.76. The van der Waals surface area contributed by atoms with Gasteiger partial charge in [-0.3, -0.25) is 0 Å². The van der Waals surface area contributed by atoms with Crippen LogP contribution in [0, 0.1) is 5.92 Å². The molecule has 0 fully saturated rings. The van der Waals surface area contributed by atoms with Gasteiger partial charge in [-0.15, -0.1) is 11.3 Å². The largest absolute Gasteiger partial charge is 0.497 e. The normalized spacial score (nSPS) is 19.3. The molecule has 2 aliphatic rings. The number of fused-ring (bicyclic) bond motifs is 3. The number of hydrogen-bond acceptors (Lipinski definition) is 5. The number of aryl methyl sites for hydroxylation is 1. The zero-order valence-electron chi connectivity index (χ0n) is 17.8. The van der Waals surface area contributed by atoms with Crippen LogP contribution in [-0.4, -0.2) is 17.8 Å². The zero-order chi connectivity index (χ0) is 21.5. The number of aromatic nitrogens is 1. The summed E-state index contributed by atoms with van der Waals surface area (Å²) in [5, 5.41) is 10.4. The van der Waals surface area contributed by atoms with Crippen LogP contribution in [0.3, 0.4) is 0 Å². The molecule has 5 heteroatoms. The molecule has 0 saturated carbocycles. The minimum absolute atomic E-state index is 0.149. The SMILES string of the molecule is COc1ccc2c(c1)CC[C@H]1C2=NN(c2nc(-c3ccccc3)cs2)[C@@H]1c1ccccc1. The molecule has 4 aromatic rings. The molecule has 2 heterocycles. The number of anilines is 1. The van der Waals surface area contributed by atoms with Crippen LogP contribution in [0.4, 0.5) is 5.13 Å². The second-order valence-electron chi connectivity index (χ2n) is 8.23. The van der Waals surface area contributed by atoms with Crippen LogP contribution in [0.15, 0.2) is 89.3 Å². The Hall–Kier alpha value is -3.44. The molecule has 158 valence electrons. The van der Waals surface area contributed by atoms with E-state index in [9.17, 15) is 0 Å². The lowest BCUT2D eigenvalue weighted by molar-refractivity contribution is 0.413. The number of nitrogens with zero attached hydrogens (tertiary/aromatic N) is 3. The lowest BCUT2D eigenvalue weighted by atomic mass is 9.77. The first-order valence-corrected chi connectivity index (χ1v) is 11.8. The molecular formula is C27H23N3OS. The van der Waals surface area contributed by atoms with Gasteiger partial charge in [0.05, 0.1) is 24.6 Å². The molecule has 1 aromatic heterocycles. The average Bonchev–Trinajstić information content (AvgIpc) is 3.50. The van der Waals surface area contributed by atoms with Crippen molar-refractivity contribution in [1.29, 1.82) is 0 Å². The molecule has 3 aromatic carbocycles. The zero-order valence-corrected chi connectivity index (χ0v) is 18.6. The lowest BCUT2D eigenvalue weighted by Gasteiger charge is -2.29. The maximum Gasteiger partial charge on any atom is 0.207 e. The Bertz CT molecular complexity index is 1280. The molecule has 0 amide bonds. The standard InChI is InChI=1S/C27H23N3OS/c1-31-21-13-15-22-20(16-21)12-14-23-25(22)29-30(26(23)19-10-6-3-7-11-19)27-28-24(17-32-27)18-8-4-2-5-9-18/h2-11,13,15-17,23,26H,12,14H2,1H3/t23-,26+/m0/s1. The monoisotopic (exact) mass is 437 g/mol. The summed E-state index contributed by atoms with van der Waals surface area (Å²) in [7, 11) is 1.72. The molecule has 1 aliphatic heterocycles. The van der Waals surface area contributed by atoms with Crippen LogP contribution in [0.2, 0.25) is 0 Å². The van der Waals surface area contributed by atoms with E-state index in [-0.39, 0.29) is 6.04 Å². The molecule has 0 unspecified atom stereocenters. The van der Waals surface area contributed by atoms with Crippen molar-refractivity contribution in [1.82, 2.24) is 4.98 Å². The van der Waals surface area contributed by atoms with Gasteiger partial charge in [0.15, 0.2) is 0 Å². The molecule has 4 nitrogen and oxygen atoms in total. The van der Waals surface area contributed by atoms with Gasteiger partial charge in [-0.1, -0.05) is 60.7 Å². The van der Waals surface area contributed by atoms with E-state index in [0.29, 0.717) is 5.92 Å². The Morgan fingerprint density at radius 1 is 0.969 bits per heavy atom. The van der Waals surface area contributed by atoms with Gasteiger partial charge in [-0.25, -0.2) is 9.99 Å². The number of hydrogen-bond donors (Lipinski definition) is 0. The number of ether oxygens (including phenoxy) is 1. The highest BCUT2D eigenvalue weighted by Gasteiger charge is 2.43. The van der Waals surface area contributed by atoms with Crippen molar-refractivity contribution in [2.45, 2.75) is 18.9 Å². The summed E-state index contributed by atoms with van der Waals surface area (Å²) in [6, 6.07) is 27.6. The smallest absolute Gasteiger partial charge is 0.207 e. The summed E-state index contributed by atoms with van der Waals surface area (Å²) in [6.07, 6.45) is 2.09. The number of benzene rings is 3. The highest BCUT2D eigenvalue weighted by atomic mass is 32.1. The van der Waals surface area contributed by atoms with Crippen LogP contribution < -0.4 is 9.75 Å². The van der Waals surface area contributed by atoms with E-state index in [4.69, 9.17) is 14.8 Å². The van der Waals surface area contributed by atoms with Crippen molar-refractivity contribution in [3.63, 3.8) is 0 Å². The third kappa shape index (κ3) is 3.21. The van der Waals surface area contributed by atoms with Gasteiger partial charge < -0.3 is 4.74 Å². The van der Waals surface area contributed by atoms with Crippen molar-refractivity contribution >= 4 is 22.2 Å². The average molecular weight is 438 g/mol. The summed E-state index contributed by atoms with van der Waals surface area (Å²) in [4.78, 5) is 5.00. The van der Waals surface area contributed by atoms with Gasteiger partial charge >= 0.3 is 0 Å². The minimum Gasteiger partial charge on any atom is -0.497 e. The third-order valence-corrected chi connectivity index (χ3v) is 7.25. The topological polar surface area (TPSA) is 37.7 Å². The predicted molar refractivity (Wildman–Crippen MR) is 131 cm³/mol. The fourth-order valence-electron chi connectivity index (χ4n) is 4.88. The second-order valence-corrected chi connectivity index (χ2v) is 9.07. The van der Waals surface area contributed by atoms with Gasteiger partial charge in [0.25, 0.3) is 0 Å². The highest BCUT2D eigenvalue weighted by molar-refractivity contribution is 7.14. The summed E-state index contributed by atoms with van der Waals surface area (Å²) in [5.74, 6) is 1.24. The molecule has 2 atom stereocenters. The number of thiazole rings is 1. The Morgan fingerprint density at radius 3 is 2.53 bits per heavy atom. The maximum atomic E-state index is 5.46. The highest BCUT2D eigenvalue weighted by Crippen LogP contribution is 2.46. The first kappa shape index (κ1) is 19.3. The van der Waals surface area contributed by atoms with Crippen molar-refractivity contribution in [3.8, 4) is 17.0 Å². The Balaban J connectivity index is 1.45. The van der Waals surface area contributed by atoms with Crippen molar-refractivity contribution < 1.29 is 4.74 Å². The fraction of sp³-hybridized carbons (Fsp3) is 0.185. The van der Waals surface area contributed by atoms with Crippen LogP contribution in [0.25, 0.3) is 11.3 Å². The fourth-order valence-corrected chi connectivity index (χ4v) is 5.70. The third-order valence-electron chi connectivity index (χ3n) is 6.42. The summed E-state index contributed by atoms with van der Waals surface area (Å²) in [5.41, 5.74) is 7.14. The van der Waals surface area contributed by atoms with Crippen LogP contribution in [0.1, 0.15) is 29.2 Å². The lowest BCUT2D eigenvalue weighted by Crippen LogP contribution is -2.28. The minimum atomic E-state index is 0.149. The number of rotatable bonds is 4. The van der Waals surface area contributed by atoms with E-state index in [0.717, 1.165) is 35.0 Å². The molecule has 0 spiro atoms. The predicted octanol–water partition coefficient (Wildman–Crippen LogP) is 6.35. The van der Waals surface area contributed by atoms with Crippen molar-refractivity contribution in [2.24, 2.45) is 11.0 Å². The van der Waals surface area contributed by atoms with E-state index < -0.39 is 0 Å². The number of hydrazone groups is 1. The van der Waals surface area contributed by atoms with E-state index in [1.54, 1.807) is 18.4 Å². The molecular weight excluding hydrogens is 414 g/mol. The first-order valence-electron chi connectivity index (χ1n) is 10.9. The van der Waals surface area contributed by atoms with E-state index in [1.165, 1.54) is 22.4 Å². The summed E-state index contributed by atoms with van der Waals surface area (Å²) < 4.78 is 5.46. The molecule has 0 bridgehead atoms. The summed E-state index contributed by atoms with van der Waals surface area (Å²) in [6.45, 7) is 0. The van der Waals surface area contributed by atoms with Gasteiger partial charge in [0.1, 0.15) is 5.75 Å². The molecule has 0 radical (unpaired) electrons. The van der Waals surface area contributed by atoms with Gasteiger partial charge in [-0.05, 0) is 42.2 Å². The second kappa shape index (κ2) is 7.92. The number of methoxy groups -OCH3 is 1. The molecule has 0 saturated heterocycles. The van der Waals surface area contributed by atoms with E-state index in [1.807, 2.05) is 12.1 Å². The van der Waals surface area contributed by atoms with Gasteiger partial charge in [0.2, 0.25) is 5.13 Å². The summed E-state index contributed by atoms with van der Waals surface area (Å²) >= 11 is 1.66. The quantitative estimate of drug-likeness (QED) is 0.373. The van der Waals surface area contributed by atoms with Crippen molar-refractivity contribution in [3.05, 3.63) is 101 Å². The van der Waals surface area contributed by atoms with E-state index in [2.05, 4.69) is 77.1 Å².